The predicted molar refractivity (Wildman–Crippen MR) is 143 cm³/mol. The van der Waals surface area contributed by atoms with E-state index in [4.69, 9.17) is 5.73 Å². The molecule has 1 unspecified atom stereocenters. The number of anilines is 1. The van der Waals surface area contributed by atoms with E-state index in [2.05, 4.69) is 11.6 Å². The van der Waals surface area contributed by atoms with Gasteiger partial charge in [0.1, 0.15) is 17.5 Å². The van der Waals surface area contributed by atoms with Gasteiger partial charge in [-0.2, -0.15) is 4.98 Å². The van der Waals surface area contributed by atoms with Crippen molar-refractivity contribution in [2.75, 3.05) is 23.7 Å². The second-order valence-corrected chi connectivity index (χ2v) is 10.9. The highest BCUT2D eigenvalue weighted by molar-refractivity contribution is 7.99. The maximum absolute atomic E-state index is 15.0. The fourth-order valence-electron chi connectivity index (χ4n) is 5.61. The summed E-state index contributed by atoms with van der Waals surface area (Å²) in [6, 6.07) is 4.91. The first-order chi connectivity index (χ1) is 17.6. The third kappa shape index (κ3) is 4.31. The summed E-state index contributed by atoms with van der Waals surface area (Å²) in [7, 11) is 0. The summed E-state index contributed by atoms with van der Waals surface area (Å²) in [6.07, 6.45) is 1.32. The minimum Gasteiger partial charge on any atom is -0.352 e. The third-order valence-corrected chi connectivity index (χ3v) is 8.38. The van der Waals surface area contributed by atoms with Gasteiger partial charge in [-0.3, -0.25) is 9.36 Å². The SMILES string of the molecule is C=CC(=O)N1[C@H](C)CN(c2nc(=O)n3c4c(c(-c5ccc(F)cc5F)c(C)cc24)SCC(N)C3)C[C@@H]1C. The number of hydrogen-bond acceptors (Lipinski definition) is 6. The maximum Gasteiger partial charge on any atom is 0.350 e. The lowest BCUT2D eigenvalue weighted by Gasteiger charge is -2.44. The number of rotatable bonds is 3. The highest BCUT2D eigenvalue weighted by Gasteiger charge is 2.34. The molecular weight excluding hydrogens is 496 g/mol. The zero-order valence-electron chi connectivity index (χ0n) is 21.0. The van der Waals surface area contributed by atoms with E-state index in [0.29, 0.717) is 35.7 Å². The number of halogens is 2. The zero-order valence-corrected chi connectivity index (χ0v) is 21.8. The molecule has 0 spiro atoms. The minimum absolute atomic E-state index is 0.125. The molecule has 2 N–H and O–H groups in total. The Labute approximate surface area is 217 Å². The second kappa shape index (κ2) is 9.57. The second-order valence-electron chi connectivity index (χ2n) is 9.87. The van der Waals surface area contributed by atoms with Crippen LogP contribution in [0, 0.1) is 18.6 Å². The van der Waals surface area contributed by atoms with Crippen molar-refractivity contribution in [3.05, 3.63) is 64.6 Å². The first-order valence-corrected chi connectivity index (χ1v) is 13.2. The monoisotopic (exact) mass is 525 g/mol. The molecule has 2 aromatic carbocycles. The summed E-state index contributed by atoms with van der Waals surface area (Å²) in [5.74, 6) is -0.385. The van der Waals surface area contributed by atoms with Crippen molar-refractivity contribution in [3.8, 4) is 11.1 Å². The van der Waals surface area contributed by atoms with E-state index < -0.39 is 17.3 Å². The van der Waals surface area contributed by atoms with Gasteiger partial charge in [0.15, 0.2) is 0 Å². The molecule has 7 nitrogen and oxygen atoms in total. The molecule has 0 aliphatic carbocycles. The van der Waals surface area contributed by atoms with Gasteiger partial charge in [-0.15, -0.1) is 11.8 Å². The number of aromatic nitrogens is 2. The number of thioether (sulfide) groups is 1. The first-order valence-electron chi connectivity index (χ1n) is 12.2. The molecule has 3 heterocycles. The van der Waals surface area contributed by atoms with E-state index in [1.807, 2.05) is 31.7 Å². The summed E-state index contributed by atoms with van der Waals surface area (Å²) < 4.78 is 30.3. The lowest BCUT2D eigenvalue weighted by molar-refractivity contribution is -0.130. The van der Waals surface area contributed by atoms with E-state index in [9.17, 15) is 18.4 Å². The van der Waals surface area contributed by atoms with E-state index in [1.165, 1.54) is 30.0 Å². The largest absolute Gasteiger partial charge is 0.352 e. The van der Waals surface area contributed by atoms with E-state index in [1.54, 1.807) is 9.47 Å². The molecule has 0 radical (unpaired) electrons. The van der Waals surface area contributed by atoms with Gasteiger partial charge >= 0.3 is 5.69 Å². The van der Waals surface area contributed by atoms with Gasteiger partial charge in [0.25, 0.3) is 0 Å². The number of piperazine rings is 1. The summed E-state index contributed by atoms with van der Waals surface area (Å²) >= 11 is 1.48. The van der Waals surface area contributed by atoms with Gasteiger partial charge in [-0.25, -0.2) is 13.6 Å². The van der Waals surface area contributed by atoms with Crippen molar-refractivity contribution in [2.24, 2.45) is 5.73 Å². The van der Waals surface area contributed by atoms with Crippen molar-refractivity contribution in [1.82, 2.24) is 14.5 Å². The fourth-order valence-corrected chi connectivity index (χ4v) is 6.87. The number of amides is 1. The molecule has 3 aromatic rings. The Morgan fingerprint density at radius 2 is 1.89 bits per heavy atom. The van der Waals surface area contributed by atoms with Gasteiger partial charge < -0.3 is 15.5 Å². The van der Waals surface area contributed by atoms with E-state index >= 15 is 0 Å². The minimum atomic E-state index is -0.665. The molecule has 1 amide bonds. The van der Waals surface area contributed by atoms with Crippen LogP contribution in [0.4, 0.5) is 14.6 Å². The van der Waals surface area contributed by atoms with Crippen LogP contribution in [0.2, 0.25) is 0 Å². The average Bonchev–Trinajstić information content (AvgIpc) is 3.01. The zero-order chi connectivity index (χ0) is 26.6. The molecular formula is C27H29F2N5O2S. The van der Waals surface area contributed by atoms with Crippen LogP contribution in [-0.2, 0) is 11.3 Å². The molecule has 1 aromatic heterocycles. The summed E-state index contributed by atoms with van der Waals surface area (Å²) in [5, 5.41) is 0.767. The number of carbonyl (C=O) groups is 1. The van der Waals surface area contributed by atoms with Gasteiger partial charge in [-0.1, -0.05) is 6.58 Å². The third-order valence-electron chi connectivity index (χ3n) is 7.10. The summed E-state index contributed by atoms with van der Waals surface area (Å²) in [4.78, 5) is 34.9. The molecule has 194 valence electrons. The van der Waals surface area contributed by atoms with Crippen LogP contribution >= 0.6 is 11.8 Å². The quantitative estimate of drug-likeness (QED) is 0.525. The van der Waals surface area contributed by atoms with Crippen LogP contribution in [0.1, 0.15) is 19.4 Å². The first kappa shape index (κ1) is 25.4. The number of nitrogens with two attached hydrogens (primary N) is 1. The van der Waals surface area contributed by atoms with E-state index in [0.717, 1.165) is 21.9 Å². The molecule has 1 fully saturated rings. The number of aryl methyl sites for hydroxylation is 1. The van der Waals surface area contributed by atoms with Gasteiger partial charge in [-0.05, 0) is 50.6 Å². The molecule has 0 saturated carbocycles. The molecule has 37 heavy (non-hydrogen) atoms. The highest BCUT2D eigenvalue weighted by atomic mass is 32.2. The lowest BCUT2D eigenvalue weighted by Crippen LogP contribution is -2.58. The molecule has 1 saturated heterocycles. The van der Waals surface area contributed by atoms with Gasteiger partial charge in [0.05, 0.1) is 5.52 Å². The highest BCUT2D eigenvalue weighted by Crippen LogP contribution is 2.44. The Morgan fingerprint density at radius 3 is 2.54 bits per heavy atom. The molecule has 2 aliphatic heterocycles. The van der Waals surface area contributed by atoms with Crippen LogP contribution in [0.3, 0.4) is 0 Å². The Balaban J connectivity index is 1.75. The topological polar surface area (TPSA) is 84.5 Å². The fraction of sp³-hybridized carbons (Fsp3) is 0.370. The summed E-state index contributed by atoms with van der Waals surface area (Å²) in [6.45, 7) is 10.7. The average molecular weight is 526 g/mol. The number of hydrogen-bond donors (Lipinski definition) is 1. The number of nitrogens with zero attached hydrogens (tertiary/aromatic N) is 4. The Morgan fingerprint density at radius 1 is 1.19 bits per heavy atom. The Bertz CT molecular complexity index is 1480. The van der Waals surface area contributed by atoms with Crippen molar-refractivity contribution in [1.29, 1.82) is 0 Å². The van der Waals surface area contributed by atoms with Crippen LogP contribution < -0.4 is 16.3 Å². The summed E-state index contributed by atoms with van der Waals surface area (Å²) in [5.41, 5.74) is 8.23. The number of benzene rings is 2. The molecule has 5 rings (SSSR count). The molecule has 3 atom stereocenters. The van der Waals surface area contributed by atoms with Gasteiger partial charge in [0.2, 0.25) is 5.91 Å². The van der Waals surface area contributed by atoms with Gasteiger partial charge in [0, 0.05) is 71.0 Å². The normalized spacial score (nSPS) is 21.7. The van der Waals surface area contributed by atoms with E-state index in [-0.39, 0.29) is 36.1 Å². The van der Waals surface area contributed by atoms with Crippen molar-refractivity contribution >= 4 is 34.4 Å². The van der Waals surface area contributed by atoms with Crippen molar-refractivity contribution in [2.45, 2.75) is 50.3 Å². The smallest absolute Gasteiger partial charge is 0.350 e. The van der Waals surface area contributed by atoms with Crippen LogP contribution in [0.15, 0.2) is 46.6 Å². The molecule has 2 aliphatic rings. The maximum atomic E-state index is 15.0. The van der Waals surface area contributed by atoms with Crippen LogP contribution in [0.5, 0.6) is 0 Å². The Hall–Kier alpha value is -3.24. The van der Waals surface area contributed by atoms with Crippen LogP contribution in [0.25, 0.3) is 22.0 Å². The molecule has 10 heteroatoms. The van der Waals surface area contributed by atoms with Crippen molar-refractivity contribution in [3.63, 3.8) is 0 Å². The van der Waals surface area contributed by atoms with Crippen molar-refractivity contribution < 1.29 is 13.6 Å². The standard InChI is InChI=1S/C27H29F2N5O2S/c1-5-22(35)34-15(3)10-32(11-16(34)4)26-20-8-14(2)23(19-7-6-17(28)9-21(19)29)25-24(20)33(27(36)31-26)12-18(30)13-37-25/h5-9,15-16,18H,1,10-13,30H2,2-4H3/t15-,16+,18?. The Kier molecular flexibility index (Phi) is 6.57. The molecule has 0 bridgehead atoms. The van der Waals surface area contributed by atoms with Crippen LogP contribution in [-0.4, -0.2) is 57.3 Å². The number of carbonyl (C=O) groups excluding carboxylic acids is 1. The predicted octanol–water partition coefficient (Wildman–Crippen LogP) is 3.69. The lowest BCUT2D eigenvalue weighted by atomic mass is 9.97.